The first-order chi connectivity index (χ1) is 17.6. The van der Waals surface area contributed by atoms with Crippen LogP contribution in [-0.2, 0) is 26.2 Å². The second-order valence-corrected chi connectivity index (χ2v) is 11.0. The summed E-state index contributed by atoms with van der Waals surface area (Å²) in [6.45, 7) is 5.52. The Balaban J connectivity index is 2.02. The summed E-state index contributed by atoms with van der Waals surface area (Å²) < 4.78 is 28.5. The molecule has 3 rings (SSSR count). The molecule has 0 heterocycles. The van der Waals surface area contributed by atoms with Crippen molar-refractivity contribution in [3.05, 3.63) is 95.0 Å². The minimum absolute atomic E-state index is 0.0443. The number of hydrogen-bond acceptors (Lipinski definition) is 4. The number of anilines is 1. The molecule has 0 spiro atoms. The van der Waals surface area contributed by atoms with E-state index in [1.807, 2.05) is 44.2 Å². The summed E-state index contributed by atoms with van der Waals surface area (Å²) in [5.74, 6) is -0.818. The summed E-state index contributed by atoms with van der Waals surface area (Å²) in [5, 5.41) is 3.21. The highest BCUT2D eigenvalue weighted by atomic mass is 35.5. The molecule has 3 aromatic rings. The highest BCUT2D eigenvalue weighted by Gasteiger charge is 2.32. The largest absolute Gasteiger partial charge is 0.354 e. The third kappa shape index (κ3) is 7.11. The third-order valence-electron chi connectivity index (χ3n) is 5.97. The molecule has 9 heteroatoms. The number of sulfonamides is 1. The van der Waals surface area contributed by atoms with E-state index in [0.717, 1.165) is 21.9 Å². The van der Waals surface area contributed by atoms with Gasteiger partial charge in [0.05, 0.1) is 10.6 Å². The molecule has 0 unspecified atom stereocenters. The van der Waals surface area contributed by atoms with E-state index < -0.39 is 28.5 Å². The quantitative estimate of drug-likeness (QED) is 0.378. The Labute approximate surface area is 224 Å². The molecule has 37 heavy (non-hydrogen) atoms. The standard InChI is InChI=1S/C28H32ClN3O4S/c1-4-17-30-28(34)22(3)31(19-23-11-7-5-8-12-23)27(33)20-32(24-16-15-21(2)26(29)18-24)37(35,36)25-13-9-6-10-14-25/h5-16,18,22H,4,17,19-20H2,1-3H3,(H,30,34)/t22-/m1/s1. The minimum atomic E-state index is -4.12. The van der Waals surface area contributed by atoms with Gasteiger partial charge in [-0.1, -0.05) is 73.1 Å². The molecular weight excluding hydrogens is 510 g/mol. The lowest BCUT2D eigenvalue weighted by Crippen LogP contribution is -2.51. The van der Waals surface area contributed by atoms with Crippen LogP contribution in [0.4, 0.5) is 5.69 Å². The van der Waals surface area contributed by atoms with Gasteiger partial charge in [-0.05, 0) is 55.7 Å². The predicted molar refractivity (Wildman–Crippen MR) is 147 cm³/mol. The van der Waals surface area contributed by atoms with E-state index >= 15 is 0 Å². The van der Waals surface area contributed by atoms with E-state index in [1.54, 1.807) is 37.3 Å². The lowest BCUT2D eigenvalue weighted by Gasteiger charge is -2.32. The Bertz CT molecular complexity index is 1320. The van der Waals surface area contributed by atoms with Crippen molar-refractivity contribution in [3.63, 3.8) is 0 Å². The zero-order chi connectivity index (χ0) is 27.0. The van der Waals surface area contributed by atoms with Crippen LogP contribution in [0.5, 0.6) is 0 Å². The number of nitrogens with zero attached hydrogens (tertiary/aromatic N) is 2. The van der Waals surface area contributed by atoms with Crippen LogP contribution in [0.2, 0.25) is 5.02 Å². The average Bonchev–Trinajstić information content (AvgIpc) is 2.91. The lowest BCUT2D eigenvalue weighted by atomic mass is 10.1. The Hall–Kier alpha value is -3.36. The van der Waals surface area contributed by atoms with Crippen LogP contribution in [0.25, 0.3) is 0 Å². The van der Waals surface area contributed by atoms with Crippen molar-refractivity contribution in [1.29, 1.82) is 0 Å². The number of carbonyl (C=O) groups is 2. The number of carbonyl (C=O) groups excluding carboxylic acids is 2. The monoisotopic (exact) mass is 541 g/mol. The highest BCUT2D eigenvalue weighted by Crippen LogP contribution is 2.28. The van der Waals surface area contributed by atoms with Gasteiger partial charge in [0.1, 0.15) is 12.6 Å². The molecule has 0 radical (unpaired) electrons. The van der Waals surface area contributed by atoms with Gasteiger partial charge in [0.2, 0.25) is 11.8 Å². The maximum absolute atomic E-state index is 13.8. The van der Waals surface area contributed by atoms with Crippen molar-refractivity contribution in [1.82, 2.24) is 10.2 Å². The molecule has 196 valence electrons. The van der Waals surface area contributed by atoms with E-state index in [2.05, 4.69) is 5.32 Å². The molecule has 3 aromatic carbocycles. The molecular formula is C28H32ClN3O4S. The predicted octanol–water partition coefficient (Wildman–Crippen LogP) is 4.79. The first-order valence-electron chi connectivity index (χ1n) is 12.1. The van der Waals surface area contributed by atoms with E-state index in [4.69, 9.17) is 11.6 Å². The first kappa shape index (κ1) is 28.2. The van der Waals surface area contributed by atoms with Crippen LogP contribution in [-0.4, -0.2) is 44.3 Å². The Morgan fingerprint density at radius 3 is 2.19 bits per heavy atom. The van der Waals surface area contributed by atoms with Crippen LogP contribution in [0, 0.1) is 6.92 Å². The van der Waals surface area contributed by atoms with Gasteiger partial charge in [0, 0.05) is 18.1 Å². The second kappa shape index (κ2) is 12.7. The Morgan fingerprint density at radius 1 is 0.973 bits per heavy atom. The maximum Gasteiger partial charge on any atom is 0.264 e. The molecule has 0 aromatic heterocycles. The molecule has 0 saturated carbocycles. The van der Waals surface area contributed by atoms with Crippen LogP contribution in [0.15, 0.2) is 83.8 Å². The molecule has 0 bridgehead atoms. The van der Waals surface area contributed by atoms with E-state index in [9.17, 15) is 18.0 Å². The fourth-order valence-electron chi connectivity index (χ4n) is 3.74. The molecule has 0 aliphatic carbocycles. The van der Waals surface area contributed by atoms with Gasteiger partial charge in [-0.2, -0.15) is 0 Å². The molecule has 0 aliphatic rings. The van der Waals surface area contributed by atoms with Gasteiger partial charge in [-0.25, -0.2) is 8.42 Å². The summed E-state index contributed by atoms with van der Waals surface area (Å²) in [6.07, 6.45) is 0.752. The van der Waals surface area contributed by atoms with Crippen LogP contribution in [0.1, 0.15) is 31.4 Å². The number of nitrogens with one attached hydrogen (secondary N) is 1. The number of rotatable bonds is 11. The van der Waals surface area contributed by atoms with Gasteiger partial charge in [0.25, 0.3) is 10.0 Å². The van der Waals surface area contributed by atoms with Crippen LogP contribution in [0.3, 0.4) is 0 Å². The van der Waals surface area contributed by atoms with Crippen LogP contribution < -0.4 is 9.62 Å². The number of halogens is 1. The smallest absolute Gasteiger partial charge is 0.264 e. The van der Waals surface area contributed by atoms with Crippen molar-refractivity contribution < 1.29 is 18.0 Å². The Kier molecular flexibility index (Phi) is 9.72. The lowest BCUT2D eigenvalue weighted by molar-refractivity contribution is -0.139. The van der Waals surface area contributed by atoms with Gasteiger partial charge in [-0.15, -0.1) is 0 Å². The van der Waals surface area contributed by atoms with Crippen molar-refractivity contribution in [2.45, 2.75) is 44.7 Å². The summed E-state index contributed by atoms with van der Waals surface area (Å²) in [5.41, 5.74) is 1.86. The maximum atomic E-state index is 13.8. The summed E-state index contributed by atoms with van der Waals surface area (Å²) >= 11 is 6.33. The van der Waals surface area contributed by atoms with Crippen molar-refractivity contribution >= 4 is 39.1 Å². The molecule has 0 aliphatic heterocycles. The zero-order valence-electron chi connectivity index (χ0n) is 21.2. The Morgan fingerprint density at radius 2 is 1.59 bits per heavy atom. The number of aryl methyl sites for hydroxylation is 1. The molecule has 0 fully saturated rings. The fraction of sp³-hybridized carbons (Fsp3) is 0.286. The molecule has 7 nitrogen and oxygen atoms in total. The summed E-state index contributed by atoms with van der Waals surface area (Å²) in [6, 6.07) is 21.2. The molecule has 1 atom stereocenters. The number of benzene rings is 3. The minimum Gasteiger partial charge on any atom is -0.354 e. The SMILES string of the molecule is CCCNC(=O)[C@@H](C)N(Cc1ccccc1)C(=O)CN(c1ccc(C)c(Cl)c1)S(=O)(=O)c1ccccc1. The second-order valence-electron chi connectivity index (χ2n) is 8.73. The average molecular weight is 542 g/mol. The van der Waals surface area contributed by atoms with E-state index in [0.29, 0.717) is 11.6 Å². The zero-order valence-corrected chi connectivity index (χ0v) is 22.8. The van der Waals surface area contributed by atoms with E-state index in [1.165, 1.54) is 23.1 Å². The normalized spacial score (nSPS) is 12.0. The van der Waals surface area contributed by atoms with Crippen LogP contribution >= 0.6 is 11.6 Å². The topological polar surface area (TPSA) is 86.8 Å². The van der Waals surface area contributed by atoms with Crippen molar-refractivity contribution in [3.8, 4) is 0 Å². The number of hydrogen-bond donors (Lipinski definition) is 1. The van der Waals surface area contributed by atoms with Gasteiger partial charge in [0.15, 0.2) is 0 Å². The van der Waals surface area contributed by atoms with E-state index in [-0.39, 0.29) is 23.0 Å². The molecule has 2 amide bonds. The third-order valence-corrected chi connectivity index (χ3v) is 8.16. The van der Waals surface area contributed by atoms with Crippen molar-refractivity contribution in [2.24, 2.45) is 0 Å². The van der Waals surface area contributed by atoms with Gasteiger partial charge < -0.3 is 10.2 Å². The van der Waals surface area contributed by atoms with Gasteiger partial charge in [-0.3, -0.25) is 13.9 Å². The first-order valence-corrected chi connectivity index (χ1v) is 13.9. The molecule has 0 saturated heterocycles. The fourth-order valence-corrected chi connectivity index (χ4v) is 5.35. The highest BCUT2D eigenvalue weighted by molar-refractivity contribution is 7.92. The molecule has 1 N–H and O–H groups in total. The number of amides is 2. The van der Waals surface area contributed by atoms with Gasteiger partial charge >= 0.3 is 0 Å². The summed E-state index contributed by atoms with van der Waals surface area (Å²) in [7, 11) is -4.12. The van der Waals surface area contributed by atoms with Crippen molar-refractivity contribution in [2.75, 3.05) is 17.4 Å². The summed E-state index contributed by atoms with van der Waals surface area (Å²) in [4.78, 5) is 28.1.